The van der Waals surface area contributed by atoms with E-state index in [9.17, 15) is 19.2 Å². The van der Waals surface area contributed by atoms with Gasteiger partial charge in [-0.25, -0.2) is 0 Å². The van der Waals surface area contributed by atoms with Gasteiger partial charge in [0.2, 0.25) is 5.91 Å². The van der Waals surface area contributed by atoms with E-state index in [1.807, 2.05) is 18.2 Å². The Hall–Kier alpha value is -3.68. The van der Waals surface area contributed by atoms with Crippen LogP contribution < -0.4 is 10.7 Å². The molecule has 2 aromatic carbocycles. The monoisotopic (exact) mass is 437 g/mol. The van der Waals surface area contributed by atoms with Gasteiger partial charge in [0.1, 0.15) is 0 Å². The van der Waals surface area contributed by atoms with E-state index in [1.54, 1.807) is 36.4 Å². The summed E-state index contributed by atoms with van der Waals surface area (Å²) in [7, 11) is 0. The number of nitrogens with one attached hydrogen (secondary N) is 2. The Labute approximate surface area is 186 Å². The Morgan fingerprint density at radius 2 is 1.69 bits per heavy atom. The van der Waals surface area contributed by atoms with Crippen molar-refractivity contribution >= 4 is 29.4 Å². The average molecular weight is 437 g/mol. The molecule has 3 rings (SSSR count). The number of anilines is 1. The van der Waals surface area contributed by atoms with Gasteiger partial charge in [-0.05, 0) is 35.2 Å². The minimum absolute atomic E-state index is 0.0101. The first-order valence-electron chi connectivity index (χ1n) is 10.4. The number of ether oxygens (including phenoxy) is 1. The lowest BCUT2D eigenvalue weighted by Crippen LogP contribution is -2.43. The molecule has 0 bridgehead atoms. The van der Waals surface area contributed by atoms with Crippen LogP contribution in [0.2, 0.25) is 0 Å². The molecule has 8 heteroatoms. The van der Waals surface area contributed by atoms with Crippen molar-refractivity contribution < 1.29 is 23.9 Å². The molecule has 0 aliphatic carbocycles. The van der Waals surface area contributed by atoms with Gasteiger partial charge in [0.05, 0.1) is 12.5 Å². The van der Waals surface area contributed by atoms with Crippen LogP contribution in [-0.2, 0) is 24.5 Å². The van der Waals surface area contributed by atoms with Gasteiger partial charge in [-0.15, -0.1) is 0 Å². The van der Waals surface area contributed by atoms with E-state index in [0.717, 1.165) is 10.6 Å². The van der Waals surface area contributed by atoms with Crippen molar-refractivity contribution in [3.05, 3.63) is 65.7 Å². The first kappa shape index (κ1) is 23.0. The minimum atomic E-state index is -0.754. The molecule has 1 aliphatic rings. The SMILES string of the molecule is CC(C)(C)c1ccc(C(=O)NN2C[C@H](C(=O)OCC(=O)Nc3ccccc3)CC2=O)cc1. The van der Waals surface area contributed by atoms with Gasteiger partial charge < -0.3 is 10.1 Å². The molecule has 1 saturated heterocycles. The molecule has 1 atom stereocenters. The molecule has 2 aromatic rings. The summed E-state index contributed by atoms with van der Waals surface area (Å²) in [5.41, 5.74) is 4.60. The molecular formula is C24H27N3O5. The normalized spacial score (nSPS) is 15.9. The molecule has 0 radical (unpaired) electrons. The molecule has 1 heterocycles. The summed E-state index contributed by atoms with van der Waals surface area (Å²) in [6.07, 6.45) is -0.0949. The molecule has 0 aromatic heterocycles. The number of esters is 1. The van der Waals surface area contributed by atoms with Crippen LogP contribution in [0.3, 0.4) is 0 Å². The van der Waals surface area contributed by atoms with Gasteiger partial charge in [-0.2, -0.15) is 0 Å². The summed E-state index contributed by atoms with van der Waals surface area (Å²) in [6, 6.07) is 15.9. The average Bonchev–Trinajstić information content (AvgIpc) is 3.12. The van der Waals surface area contributed by atoms with Crippen molar-refractivity contribution in [2.45, 2.75) is 32.6 Å². The predicted molar refractivity (Wildman–Crippen MR) is 118 cm³/mol. The number of carbonyl (C=O) groups is 4. The standard InChI is InChI=1S/C24H27N3O5/c1-24(2,3)18-11-9-16(10-12-18)22(30)26-27-14-17(13-21(27)29)23(31)32-15-20(28)25-19-7-5-4-6-8-19/h4-12,17H,13-15H2,1-3H3,(H,25,28)(H,26,30)/t17-/m1/s1. The minimum Gasteiger partial charge on any atom is -0.455 e. The maximum atomic E-state index is 12.5. The Morgan fingerprint density at radius 1 is 1.03 bits per heavy atom. The van der Waals surface area contributed by atoms with E-state index in [4.69, 9.17) is 4.74 Å². The van der Waals surface area contributed by atoms with Gasteiger partial charge in [-0.1, -0.05) is 51.1 Å². The maximum Gasteiger partial charge on any atom is 0.311 e. The van der Waals surface area contributed by atoms with Crippen molar-refractivity contribution in [1.29, 1.82) is 0 Å². The van der Waals surface area contributed by atoms with Crippen LogP contribution in [0.4, 0.5) is 5.69 Å². The number of amides is 3. The van der Waals surface area contributed by atoms with Crippen LogP contribution in [0, 0.1) is 5.92 Å². The van der Waals surface area contributed by atoms with Crippen molar-refractivity contribution in [3.63, 3.8) is 0 Å². The smallest absolute Gasteiger partial charge is 0.311 e. The number of para-hydroxylation sites is 1. The number of hydrogen-bond donors (Lipinski definition) is 2. The Balaban J connectivity index is 1.49. The molecule has 0 spiro atoms. The third kappa shape index (κ3) is 5.94. The molecule has 2 N–H and O–H groups in total. The molecule has 8 nitrogen and oxygen atoms in total. The fourth-order valence-electron chi connectivity index (χ4n) is 3.26. The Morgan fingerprint density at radius 3 is 2.31 bits per heavy atom. The molecular weight excluding hydrogens is 410 g/mol. The van der Waals surface area contributed by atoms with E-state index in [-0.39, 0.29) is 24.3 Å². The second-order valence-corrected chi connectivity index (χ2v) is 8.70. The highest BCUT2D eigenvalue weighted by Crippen LogP contribution is 2.22. The predicted octanol–water partition coefficient (Wildman–Crippen LogP) is 2.66. The van der Waals surface area contributed by atoms with Gasteiger partial charge in [-0.3, -0.25) is 29.6 Å². The summed E-state index contributed by atoms with van der Waals surface area (Å²) < 4.78 is 5.05. The largest absolute Gasteiger partial charge is 0.455 e. The number of carbonyl (C=O) groups excluding carboxylic acids is 4. The first-order valence-corrected chi connectivity index (χ1v) is 10.4. The van der Waals surface area contributed by atoms with Crippen molar-refractivity contribution in [2.24, 2.45) is 5.92 Å². The Kier molecular flexibility index (Phi) is 6.92. The molecule has 1 fully saturated rings. The fraction of sp³-hybridized carbons (Fsp3) is 0.333. The maximum absolute atomic E-state index is 12.5. The highest BCUT2D eigenvalue weighted by Gasteiger charge is 2.36. The number of hydrazine groups is 1. The van der Waals surface area contributed by atoms with Crippen molar-refractivity contribution in [2.75, 3.05) is 18.5 Å². The Bertz CT molecular complexity index is 997. The lowest BCUT2D eigenvalue weighted by Gasteiger charge is -2.20. The molecule has 0 saturated carbocycles. The van der Waals surface area contributed by atoms with Crippen LogP contribution >= 0.6 is 0 Å². The van der Waals surface area contributed by atoms with Gasteiger partial charge in [0, 0.05) is 17.7 Å². The van der Waals surface area contributed by atoms with Gasteiger partial charge in [0.15, 0.2) is 6.61 Å². The van der Waals surface area contributed by atoms with Crippen LogP contribution in [0.5, 0.6) is 0 Å². The van der Waals surface area contributed by atoms with Crippen LogP contribution in [0.15, 0.2) is 54.6 Å². The molecule has 3 amide bonds. The number of hydrogen-bond acceptors (Lipinski definition) is 5. The summed E-state index contributed by atoms with van der Waals surface area (Å²) in [5.74, 6) is -2.71. The van der Waals surface area contributed by atoms with Gasteiger partial charge >= 0.3 is 5.97 Å². The molecule has 1 aliphatic heterocycles. The number of benzene rings is 2. The van der Waals surface area contributed by atoms with E-state index in [0.29, 0.717) is 11.3 Å². The lowest BCUT2D eigenvalue weighted by molar-refractivity contribution is -0.151. The number of rotatable bonds is 6. The van der Waals surface area contributed by atoms with E-state index >= 15 is 0 Å². The highest BCUT2D eigenvalue weighted by atomic mass is 16.5. The quantitative estimate of drug-likeness (QED) is 0.676. The molecule has 168 valence electrons. The highest BCUT2D eigenvalue weighted by molar-refractivity contribution is 5.97. The van der Waals surface area contributed by atoms with Crippen LogP contribution in [-0.4, -0.2) is 41.9 Å². The lowest BCUT2D eigenvalue weighted by atomic mass is 9.87. The summed E-state index contributed by atoms with van der Waals surface area (Å²) in [5, 5.41) is 3.73. The van der Waals surface area contributed by atoms with Crippen LogP contribution in [0.25, 0.3) is 0 Å². The summed E-state index contributed by atoms with van der Waals surface area (Å²) >= 11 is 0. The van der Waals surface area contributed by atoms with Gasteiger partial charge in [0.25, 0.3) is 11.8 Å². The van der Waals surface area contributed by atoms with Crippen LogP contribution in [0.1, 0.15) is 43.1 Å². The third-order valence-corrected chi connectivity index (χ3v) is 5.11. The fourth-order valence-corrected chi connectivity index (χ4v) is 3.26. The van der Waals surface area contributed by atoms with E-state index in [2.05, 4.69) is 31.5 Å². The summed E-state index contributed by atoms with van der Waals surface area (Å²) in [4.78, 5) is 49.0. The van der Waals surface area contributed by atoms with Crippen molar-refractivity contribution in [1.82, 2.24) is 10.4 Å². The summed E-state index contributed by atoms with van der Waals surface area (Å²) in [6.45, 7) is 5.77. The molecule has 0 unspecified atom stereocenters. The topological polar surface area (TPSA) is 105 Å². The second kappa shape index (κ2) is 9.64. The van der Waals surface area contributed by atoms with Crippen molar-refractivity contribution in [3.8, 4) is 0 Å². The van der Waals surface area contributed by atoms with E-state index in [1.165, 1.54) is 0 Å². The first-order chi connectivity index (χ1) is 15.1. The zero-order chi connectivity index (χ0) is 23.3. The second-order valence-electron chi connectivity index (χ2n) is 8.70. The number of nitrogens with zero attached hydrogens (tertiary/aromatic N) is 1. The zero-order valence-corrected chi connectivity index (χ0v) is 18.4. The molecule has 32 heavy (non-hydrogen) atoms. The zero-order valence-electron chi connectivity index (χ0n) is 18.4. The van der Waals surface area contributed by atoms with E-state index < -0.39 is 30.3 Å². The third-order valence-electron chi connectivity index (χ3n) is 5.11.